The lowest BCUT2D eigenvalue weighted by Crippen LogP contribution is -2.31. The van der Waals surface area contributed by atoms with Crippen LogP contribution in [0.4, 0.5) is 5.69 Å². The number of carboxylic acid groups (broad SMARTS) is 1. The number of carbonyl (C=O) groups is 1. The zero-order valence-corrected chi connectivity index (χ0v) is 10.8. The van der Waals surface area contributed by atoms with Crippen molar-refractivity contribution in [2.75, 3.05) is 25.5 Å². The van der Waals surface area contributed by atoms with Gasteiger partial charge in [-0.25, -0.2) is 4.79 Å². The summed E-state index contributed by atoms with van der Waals surface area (Å²) in [5.74, 6) is -0.940. The largest absolute Gasteiger partial charge is 0.478 e. The summed E-state index contributed by atoms with van der Waals surface area (Å²) in [6, 6.07) is 2.28. The second kappa shape index (κ2) is 5.35. The highest BCUT2D eigenvalue weighted by atomic mass is 16.4. The van der Waals surface area contributed by atoms with Crippen LogP contribution < -0.4 is 5.32 Å². The summed E-state index contributed by atoms with van der Waals surface area (Å²) < 4.78 is 0. The monoisotopic (exact) mass is 249 g/mol. The summed E-state index contributed by atoms with van der Waals surface area (Å²) >= 11 is 0. The molecule has 1 aliphatic heterocycles. The third-order valence-corrected chi connectivity index (χ3v) is 3.47. The molecular formula is C13H19N3O2. The number of nitrogens with zero attached hydrogens (tertiary/aromatic N) is 2. The van der Waals surface area contributed by atoms with Crippen molar-refractivity contribution in [1.82, 2.24) is 9.88 Å². The molecule has 0 radical (unpaired) electrons. The molecule has 0 spiro atoms. The summed E-state index contributed by atoms with van der Waals surface area (Å²) in [4.78, 5) is 17.4. The Morgan fingerprint density at radius 2 is 2.44 bits per heavy atom. The molecule has 98 valence electrons. The fraction of sp³-hybridized carbons (Fsp3) is 0.538. The van der Waals surface area contributed by atoms with Crippen molar-refractivity contribution in [3.63, 3.8) is 0 Å². The van der Waals surface area contributed by atoms with Crippen LogP contribution in [-0.4, -0.2) is 47.1 Å². The third-order valence-electron chi connectivity index (χ3n) is 3.47. The first-order valence-electron chi connectivity index (χ1n) is 6.22. The summed E-state index contributed by atoms with van der Waals surface area (Å²) in [5, 5.41) is 12.4. The lowest BCUT2D eigenvalue weighted by Gasteiger charge is -2.21. The van der Waals surface area contributed by atoms with E-state index in [0.717, 1.165) is 25.2 Å². The number of pyridine rings is 1. The Kier molecular flexibility index (Phi) is 3.81. The Bertz CT molecular complexity index is 448. The molecule has 1 aromatic heterocycles. The van der Waals surface area contributed by atoms with E-state index in [1.807, 2.05) is 6.92 Å². The highest BCUT2D eigenvalue weighted by Gasteiger charge is 2.21. The number of likely N-dealkylation sites (tertiary alicyclic amines) is 1. The summed E-state index contributed by atoms with van der Waals surface area (Å²) in [6.45, 7) is 3.76. The topological polar surface area (TPSA) is 65.5 Å². The minimum absolute atomic E-state index is 0.237. The number of aromatic nitrogens is 1. The molecule has 1 aliphatic rings. The Morgan fingerprint density at radius 3 is 3.06 bits per heavy atom. The minimum Gasteiger partial charge on any atom is -0.478 e. The van der Waals surface area contributed by atoms with Crippen molar-refractivity contribution in [3.05, 3.63) is 23.5 Å². The van der Waals surface area contributed by atoms with Crippen molar-refractivity contribution in [1.29, 1.82) is 0 Å². The number of carboxylic acids is 1. The average Bonchev–Trinajstić information content (AvgIpc) is 2.72. The highest BCUT2D eigenvalue weighted by molar-refractivity contribution is 5.93. The number of anilines is 1. The SMILES string of the molecule is Cc1cc(NCC2CCCN2C)c(C(=O)O)cn1. The van der Waals surface area contributed by atoms with Gasteiger partial charge in [-0.15, -0.1) is 0 Å². The van der Waals surface area contributed by atoms with Gasteiger partial charge in [0.1, 0.15) is 5.56 Å². The van der Waals surface area contributed by atoms with E-state index in [2.05, 4.69) is 22.2 Å². The van der Waals surface area contributed by atoms with Crippen LogP contribution >= 0.6 is 0 Å². The van der Waals surface area contributed by atoms with Gasteiger partial charge in [-0.05, 0) is 39.4 Å². The van der Waals surface area contributed by atoms with Crippen molar-refractivity contribution < 1.29 is 9.90 Å². The standard InChI is InChI=1S/C13H19N3O2/c1-9-6-12(11(8-14-9)13(17)18)15-7-10-4-3-5-16(10)2/h6,8,10H,3-5,7H2,1-2H3,(H,14,15)(H,17,18). The van der Waals surface area contributed by atoms with Crippen LogP contribution in [0.15, 0.2) is 12.3 Å². The normalized spacial score (nSPS) is 20.0. The van der Waals surface area contributed by atoms with E-state index in [1.165, 1.54) is 12.6 Å². The van der Waals surface area contributed by atoms with Crippen molar-refractivity contribution in [3.8, 4) is 0 Å². The number of aromatic carboxylic acids is 1. The van der Waals surface area contributed by atoms with E-state index in [-0.39, 0.29) is 5.56 Å². The Labute approximate surface area is 107 Å². The van der Waals surface area contributed by atoms with Gasteiger partial charge in [-0.3, -0.25) is 4.98 Å². The first-order valence-corrected chi connectivity index (χ1v) is 6.22. The Hall–Kier alpha value is -1.62. The van der Waals surface area contributed by atoms with Crippen molar-refractivity contribution in [2.45, 2.75) is 25.8 Å². The minimum atomic E-state index is -0.940. The van der Waals surface area contributed by atoms with Crippen molar-refractivity contribution >= 4 is 11.7 Å². The molecule has 2 heterocycles. The average molecular weight is 249 g/mol. The number of likely N-dealkylation sites (N-methyl/N-ethyl adjacent to an activating group) is 1. The van der Waals surface area contributed by atoms with Crippen LogP contribution in [0.2, 0.25) is 0 Å². The second-order valence-corrected chi connectivity index (χ2v) is 4.83. The number of hydrogen-bond donors (Lipinski definition) is 2. The summed E-state index contributed by atoms with van der Waals surface area (Å²) in [7, 11) is 2.11. The van der Waals surface area contributed by atoms with Crippen LogP contribution in [0.3, 0.4) is 0 Å². The molecule has 2 N–H and O–H groups in total. The molecule has 0 amide bonds. The molecule has 0 bridgehead atoms. The molecule has 1 aromatic rings. The molecule has 1 fully saturated rings. The van der Waals surface area contributed by atoms with Crippen LogP contribution in [0, 0.1) is 6.92 Å². The van der Waals surface area contributed by atoms with E-state index in [0.29, 0.717) is 11.7 Å². The molecule has 0 aromatic carbocycles. The van der Waals surface area contributed by atoms with Crippen molar-refractivity contribution in [2.24, 2.45) is 0 Å². The molecule has 2 rings (SSSR count). The number of hydrogen-bond acceptors (Lipinski definition) is 4. The molecule has 1 unspecified atom stereocenters. The van der Waals surface area contributed by atoms with E-state index in [1.54, 1.807) is 6.07 Å². The lowest BCUT2D eigenvalue weighted by molar-refractivity contribution is 0.0697. The van der Waals surface area contributed by atoms with Crippen LogP contribution in [0.5, 0.6) is 0 Å². The van der Waals surface area contributed by atoms with E-state index in [4.69, 9.17) is 5.11 Å². The second-order valence-electron chi connectivity index (χ2n) is 4.83. The van der Waals surface area contributed by atoms with E-state index in [9.17, 15) is 4.79 Å². The fourth-order valence-electron chi connectivity index (χ4n) is 2.34. The Balaban J connectivity index is 2.08. The summed E-state index contributed by atoms with van der Waals surface area (Å²) in [6.07, 6.45) is 3.79. The predicted octanol–water partition coefficient (Wildman–Crippen LogP) is 1.59. The number of aryl methyl sites for hydroxylation is 1. The van der Waals surface area contributed by atoms with Gasteiger partial charge in [0.15, 0.2) is 0 Å². The van der Waals surface area contributed by atoms with Gasteiger partial charge in [0.05, 0.1) is 5.69 Å². The van der Waals surface area contributed by atoms with Crippen LogP contribution in [0.25, 0.3) is 0 Å². The van der Waals surface area contributed by atoms with Gasteiger partial charge in [-0.2, -0.15) is 0 Å². The Morgan fingerprint density at radius 1 is 1.67 bits per heavy atom. The number of rotatable bonds is 4. The molecule has 1 saturated heterocycles. The number of nitrogens with one attached hydrogen (secondary N) is 1. The maximum Gasteiger partial charge on any atom is 0.339 e. The van der Waals surface area contributed by atoms with E-state index < -0.39 is 5.97 Å². The summed E-state index contributed by atoms with van der Waals surface area (Å²) in [5.41, 5.74) is 1.72. The fourth-order valence-corrected chi connectivity index (χ4v) is 2.34. The maximum absolute atomic E-state index is 11.1. The van der Waals surface area contributed by atoms with Gasteiger partial charge in [0.25, 0.3) is 0 Å². The predicted molar refractivity (Wildman–Crippen MR) is 70.1 cm³/mol. The molecule has 0 saturated carbocycles. The van der Waals surface area contributed by atoms with Gasteiger partial charge < -0.3 is 15.3 Å². The van der Waals surface area contributed by atoms with Crippen LogP contribution in [-0.2, 0) is 0 Å². The van der Waals surface area contributed by atoms with Gasteiger partial charge in [-0.1, -0.05) is 0 Å². The molecule has 1 atom stereocenters. The molecular weight excluding hydrogens is 230 g/mol. The van der Waals surface area contributed by atoms with Crippen LogP contribution in [0.1, 0.15) is 28.9 Å². The third kappa shape index (κ3) is 2.79. The van der Waals surface area contributed by atoms with E-state index >= 15 is 0 Å². The highest BCUT2D eigenvalue weighted by Crippen LogP contribution is 2.19. The molecule has 18 heavy (non-hydrogen) atoms. The molecule has 5 nitrogen and oxygen atoms in total. The smallest absolute Gasteiger partial charge is 0.339 e. The lowest BCUT2D eigenvalue weighted by atomic mass is 10.2. The molecule has 5 heteroatoms. The van der Waals surface area contributed by atoms with Gasteiger partial charge >= 0.3 is 5.97 Å². The zero-order valence-electron chi connectivity index (χ0n) is 10.8. The maximum atomic E-state index is 11.1. The quantitative estimate of drug-likeness (QED) is 0.848. The zero-order chi connectivity index (χ0) is 13.1. The molecule has 0 aliphatic carbocycles. The first kappa shape index (κ1) is 12.8. The van der Waals surface area contributed by atoms with Gasteiger partial charge in [0, 0.05) is 24.5 Å². The first-order chi connectivity index (χ1) is 8.58. The van der Waals surface area contributed by atoms with Gasteiger partial charge in [0.2, 0.25) is 0 Å².